The van der Waals surface area contributed by atoms with Crippen molar-refractivity contribution >= 4 is 17.2 Å². The standard InChI is InChI=1S/C15H22N2O/c1-3-12-5-4-8-17(10-12)13-6-7-14(11(2)18)15(16)9-13/h6-7,9,12H,3-5,8,10,16H2,1-2H3. The fourth-order valence-electron chi connectivity index (χ4n) is 2.70. The minimum atomic E-state index is 0.0316. The number of nitrogens with two attached hydrogens (primary N) is 1. The zero-order valence-corrected chi connectivity index (χ0v) is 11.3. The second-order valence-corrected chi connectivity index (χ2v) is 5.19. The minimum absolute atomic E-state index is 0.0316. The van der Waals surface area contributed by atoms with Gasteiger partial charge >= 0.3 is 0 Å². The van der Waals surface area contributed by atoms with Crippen LogP contribution < -0.4 is 10.6 Å². The number of ketones is 1. The third-order valence-corrected chi connectivity index (χ3v) is 3.88. The molecular weight excluding hydrogens is 224 g/mol. The van der Waals surface area contributed by atoms with Crippen LogP contribution in [0.5, 0.6) is 0 Å². The number of nitrogens with zero attached hydrogens (tertiary/aromatic N) is 1. The summed E-state index contributed by atoms with van der Waals surface area (Å²) in [5.41, 5.74) is 8.32. The van der Waals surface area contributed by atoms with E-state index < -0.39 is 0 Å². The number of anilines is 2. The number of piperidine rings is 1. The summed E-state index contributed by atoms with van der Waals surface area (Å²) in [5.74, 6) is 0.816. The van der Waals surface area contributed by atoms with Crippen LogP contribution >= 0.6 is 0 Å². The van der Waals surface area contributed by atoms with Crippen molar-refractivity contribution in [3.05, 3.63) is 23.8 Å². The molecule has 2 rings (SSSR count). The van der Waals surface area contributed by atoms with Gasteiger partial charge in [0.2, 0.25) is 0 Å². The average Bonchev–Trinajstić information content (AvgIpc) is 2.38. The predicted octanol–water partition coefficient (Wildman–Crippen LogP) is 3.10. The fraction of sp³-hybridized carbons (Fsp3) is 0.533. The third kappa shape index (κ3) is 2.66. The molecule has 1 aliphatic heterocycles. The van der Waals surface area contributed by atoms with Crippen LogP contribution in [0.1, 0.15) is 43.5 Å². The highest BCUT2D eigenvalue weighted by atomic mass is 16.1. The van der Waals surface area contributed by atoms with E-state index in [1.165, 1.54) is 19.3 Å². The van der Waals surface area contributed by atoms with E-state index in [0.29, 0.717) is 11.3 Å². The number of carbonyl (C=O) groups excluding carboxylic acids is 1. The molecule has 0 radical (unpaired) electrons. The number of rotatable bonds is 3. The first kappa shape index (κ1) is 12.9. The van der Waals surface area contributed by atoms with Gasteiger partial charge in [-0.2, -0.15) is 0 Å². The Bertz CT molecular complexity index is 442. The molecule has 0 bridgehead atoms. The van der Waals surface area contributed by atoms with Crippen LogP contribution in [0, 0.1) is 5.92 Å². The number of Topliss-reactive ketones (excluding diaryl/α,β-unsaturated/α-hetero) is 1. The molecule has 0 saturated carbocycles. The summed E-state index contributed by atoms with van der Waals surface area (Å²) >= 11 is 0. The van der Waals surface area contributed by atoms with E-state index in [9.17, 15) is 4.79 Å². The van der Waals surface area contributed by atoms with Gasteiger partial charge in [-0.1, -0.05) is 13.3 Å². The predicted molar refractivity (Wildman–Crippen MR) is 76.1 cm³/mol. The monoisotopic (exact) mass is 246 g/mol. The number of benzene rings is 1. The first-order chi connectivity index (χ1) is 8.61. The van der Waals surface area contributed by atoms with Crippen LogP contribution in [0.25, 0.3) is 0 Å². The maximum atomic E-state index is 11.4. The van der Waals surface area contributed by atoms with Crippen LogP contribution in [0.4, 0.5) is 11.4 Å². The molecule has 1 unspecified atom stereocenters. The van der Waals surface area contributed by atoms with Crippen molar-refractivity contribution in [2.45, 2.75) is 33.1 Å². The second-order valence-electron chi connectivity index (χ2n) is 5.19. The molecule has 0 aromatic heterocycles. The molecule has 1 atom stereocenters. The van der Waals surface area contributed by atoms with Gasteiger partial charge in [0, 0.05) is 30.0 Å². The fourth-order valence-corrected chi connectivity index (χ4v) is 2.70. The minimum Gasteiger partial charge on any atom is -0.398 e. The summed E-state index contributed by atoms with van der Waals surface area (Å²) in [4.78, 5) is 13.7. The van der Waals surface area contributed by atoms with Crippen molar-refractivity contribution in [3.8, 4) is 0 Å². The molecule has 0 aliphatic carbocycles. The van der Waals surface area contributed by atoms with Gasteiger partial charge < -0.3 is 10.6 Å². The molecule has 0 amide bonds. The molecule has 1 heterocycles. The Hall–Kier alpha value is -1.51. The van der Waals surface area contributed by atoms with Crippen molar-refractivity contribution < 1.29 is 4.79 Å². The van der Waals surface area contributed by atoms with E-state index in [2.05, 4.69) is 11.8 Å². The van der Waals surface area contributed by atoms with Crippen molar-refractivity contribution in [3.63, 3.8) is 0 Å². The van der Waals surface area contributed by atoms with Crippen molar-refractivity contribution in [2.24, 2.45) is 5.92 Å². The first-order valence-electron chi connectivity index (χ1n) is 6.77. The molecule has 98 valence electrons. The SMILES string of the molecule is CCC1CCCN(c2ccc(C(C)=O)c(N)c2)C1. The van der Waals surface area contributed by atoms with Gasteiger partial charge in [-0.3, -0.25) is 4.79 Å². The van der Waals surface area contributed by atoms with Gasteiger partial charge in [0.25, 0.3) is 0 Å². The lowest BCUT2D eigenvalue weighted by atomic mass is 9.95. The van der Waals surface area contributed by atoms with E-state index in [1.54, 1.807) is 6.92 Å². The number of hydrogen-bond acceptors (Lipinski definition) is 3. The lowest BCUT2D eigenvalue weighted by Gasteiger charge is -2.34. The Morgan fingerprint density at radius 1 is 1.50 bits per heavy atom. The van der Waals surface area contributed by atoms with Gasteiger partial charge in [-0.25, -0.2) is 0 Å². The Morgan fingerprint density at radius 3 is 2.89 bits per heavy atom. The van der Waals surface area contributed by atoms with E-state index >= 15 is 0 Å². The molecule has 2 N–H and O–H groups in total. The maximum Gasteiger partial charge on any atom is 0.161 e. The molecule has 1 fully saturated rings. The van der Waals surface area contributed by atoms with Gasteiger partial charge in [0.05, 0.1) is 0 Å². The summed E-state index contributed by atoms with van der Waals surface area (Å²) in [6, 6.07) is 5.81. The highest BCUT2D eigenvalue weighted by Crippen LogP contribution is 2.27. The maximum absolute atomic E-state index is 11.4. The zero-order chi connectivity index (χ0) is 13.1. The number of carbonyl (C=O) groups is 1. The Labute approximate surface area is 109 Å². The first-order valence-corrected chi connectivity index (χ1v) is 6.77. The molecular formula is C15H22N2O. The van der Waals surface area contributed by atoms with Crippen LogP contribution in [0.2, 0.25) is 0 Å². The molecule has 1 aromatic rings. The Balaban J connectivity index is 2.18. The molecule has 1 aliphatic rings. The van der Waals surface area contributed by atoms with E-state index in [-0.39, 0.29) is 5.78 Å². The van der Waals surface area contributed by atoms with Gasteiger partial charge in [0.1, 0.15) is 0 Å². The van der Waals surface area contributed by atoms with E-state index in [0.717, 1.165) is 24.7 Å². The summed E-state index contributed by atoms with van der Waals surface area (Å²) in [5, 5.41) is 0. The number of hydrogen-bond donors (Lipinski definition) is 1. The molecule has 0 spiro atoms. The van der Waals surface area contributed by atoms with Crippen LogP contribution in [-0.4, -0.2) is 18.9 Å². The molecule has 1 saturated heterocycles. The van der Waals surface area contributed by atoms with Crippen molar-refractivity contribution in [1.29, 1.82) is 0 Å². The van der Waals surface area contributed by atoms with Crippen LogP contribution in [0.15, 0.2) is 18.2 Å². The van der Waals surface area contributed by atoms with Crippen molar-refractivity contribution in [2.75, 3.05) is 23.7 Å². The number of nitrogen functional groups attached to an aromatic ring is 1. The summed E-state index contributed by atoms with van der Waals surface area (Å²) in [6.45, 7) is 6.01. The summed E-state index contributed by atoms with van der Waals surface area (Å²) < 4.78 is 0. The molecule has 3 nitrogen and oxygen atoms in total. The lowest BCUT2D eigenvalue weighted by Crippen LogP contribution is -2.35. The van der Waals surface area contributed by atoms with E-state index in [4.69, 9.17) is 5.73 Å². The van der Waals surface area contributed by atoms with E-state index in [1.807, 2.05) is 18.2 Å². The van der Waals surface area contributed by atoms with Gasteiger partial charge in [-0.05, 0) is 43.9 Å². The lowest BCUT2D eigenvalue weighted by molar-refractivity contribution is 0.101. The highest BCUT2D eigenvalue weighted by Gasteiger charge is 2.19. The quantitative estimate of drug-likeness (QED) is 0.658. The smallest absolute Gasteiger partial charge is 0.161 e. The summed E-state index contributed by atoms with van der Waals surface area (Å²) in [6.07, 6.45) is 3.80. The Kier molecular flexibility index (Phi) is 3.90. The molecule has 1 aromatic carbocycles. The largest absolute Gasteiger partial charge is 0.398 e. The van der Waals surface area contributed by atoms with Gasteiger partial charge in [0.15, 0.2) is 5.78 Å². The van der Waals surface area contributed by atoms with Crippen molar-refractivity contribution in [1.82, 2.24) is 0 Å². The molecule has 18 heavy (non-hydrogen) atoms. The highest BCUT2D eigenvalue weighted by molar-refractivity contribution is 5.99. The van der Waals surface area contributed by atoms with Gasteiger partial charge in [-0.15, -0.1) is 0 Å². The Morgan fingerprint density at radius 2 is 2.28 bits per heavy atom. The second kappa shape index (κ2) is 5.42. The average molecular weight is 246 g/mol. The molecule has 3 heteroatoms. The zero-order valence-electron chi connectivity index (χ0n) is 11.3. The topological polar surface area (TPSA) is 46.3 Å². The van der Waals surface area contributed by atoms with Crippen LogP contribution in [0.3, 0.4) is 0 Å². The third-order valence-electron chi connectivity index (χ3n) is 3.88. The normalized spacial score (nSPS) is 19.9. The van der Waals surface area contributed by atoms with Crippen LogP contribution in [-0.2, 0) is 0 Å². The summed E-state index contributed by atoms with van der Waals surface area (Å²) in [7, 11) is 0.